The molecule has 1 aliphatic carbocycles. The van der Waals surface area contributed by atoms with Crippen LogP contribution in [-0.4, -0.2) is 16.9 Å². The highest BCUT2D eigenvalue weighted by Gasteiger charge is 2.31. The number of hydrogen-bond acceptors (Lipinski definition) is 2. The highest BCUT2D eigenvalue weighted by atomic mass is 19.4. The quantitative estimate of drug-likeness (QED) is 0.849. The largest absolute Gasteiger partial charge is 0.481 e. The molecule has 1 saturated carbocycles. The minimum atomic E-state index is -4.42. The van der Waals surface area contributed by atoms with E-state index in [-0.39, 0.29) is 23.7 Å². The van der Waals surface area contributed by atoms with Crippen LogP contribution in [0.2, 0.25) is 0 Å². The highest BCUT2D eigenvalue weighted by Crippen LogP contribution is 2.33. The number of aliphatic carboxylic acids is 1. The molecule has 22 heavy (non-hydrogen) atoms. The minimum absolute atomic E-state index is 0.00959. The van der Waals surface area contributed by atoms with Gasteiger partial charge in [-0.15, -0.1) is 0 Å². The summed E-state index contributed by atoms with van der Waals surface area (Å²) in [6, 6.07) is 4.16. The van der Waals surface area contributed by atoms with Crippen molar-refractivity contribution in [1.29, 1.82) is 0 Å². The Balaban J connectivity index is 1.98. The van der Waals surface area contributed by atoms with Gasteiger partial charge < -0.3 is 5.11 Å². The molecule has 2 rings (SSSR count). The van der Waals surface area contributed by atoms with Crippen molar-refractivity contribution in [3.63, 3.8) is 0 Å². The summed E-state index contributed by atoms with van der Waals surface area (Å²) in [5, 5.41) is 9.02. The Bertz CT molecular complexity index is 549. The molecule has 0 amide bonds. The zero-order valence-electron chi connectivity index (χ0n) is 11.9. The van der Waals surface area contributed by atoms with E-state index in [4.69, 9.17) is 5.11 Å². The Morgan fingerprint density at radius 2 is 1.77 bits per heavy atom. The number of Topliss-reactive ketones (excluding diaryl/α,β-unsaturated/α-hetero) is 1. The van der Waals surface area contributed by atoms with Gasteiger partial charge in [0.2, 0.25) is 0 Å². The summed E-state index contributed by atoms with van der Waals surface area (Å²) in [5.41, 5.74) is -0.543. The van der Waals surface area contributed by atoms with E-state index < -0.39 is 23.6 Å². The van der Waals surface area contributed by atoms with Crippen LogP contribution in [0.5, 0.6) is 0 Å². The van der Waals surface area contributed by atoms with Gasteiger partial charge in [0.25, 0.3) is 0 Å². The molecule has 0 bridgehead atoms. The first-order valence-electron chi connectivity index (χ1n) is 7.20. The number of carbonyl (C=O) groups is 2. The lowest BCUT2D eigenvalue weighted by molar-refractivity contribution is -0.143. The second-order valence-electron chi connectivity index (χ2n) is 5.77. The molecule has 1 fully saturated rings. The number of carboxylic acids is 1. The summed E-state index contributed by atoms with van der Waals surface area (Å²) < 4.78 is 37.4. The standard InChI is InChI=1S/C16H17F3O3/c17-16(18,19)13-6-4-11(5-7-13)14(20)9-10-2-1-3-12(8-10)15(21)22/h4-7,10,12H,1-3,8-9H2,(H,21,22). The lowest BCUT2D eigenvalue weighted by Crippen LogP contribution is -2.24. The fraction of sp³-hybridized carbons (Fsp3) is 0.500. The number of ketones is 1. The Kier molecular flexibility index (Phi) is 4.88. The van der Waals surface area contributed by atoms with Crippen molar-refractivity contribution in [3.05, 3.63) is 35.4 Å². The van der Waals surface area contributed by atoms with Gasteiger partial charge in [0.1, 0.15) is 0 Å². The molecule has 0 heterocycles. The van der Waals surface area contributed by atoms with Crippen LogP contribution in [0.1, 0.15) is 48.0 Å². The molecule has 0 aromatic heterocycles. The topological polar surface area (TPSA) is 54.4 Å². The van der Waals surface area contributed by atoms with Gasteiger partial charge in [0, 0.05) is 12.0 Å². The molecule has 1 aromatic rings. The number of rotatable bonds is 4. The lowest BCUT2D eigenvalue weighted by Gasteiger charge is -2.26. The molecule has 1 N–H and O–H groups in total. The van der Waals surface area contributed by atoms with E-state index in [2.05, 4.69) is 0 Å². The zero-order valence-corrected chi connectivity index (χ0v) is 11.9. The van der Waals surface area contributed by atoms with Gasteiger partial charge in [0.15, 0.2) is 5.78 Å². The molecule has 1 aliphatic rings. The van der Waals surface area contributed by atoms with Crippen LogP contribution in [0.4, 0.5) is 13.2 Å². The predicted octanol–water partition coefficient (Wildman–Crippen LogP) is 4.17. The second kappa shape index (κ2) is 6.50. The fourth-order valence-corrected chi connectivity index (χ4v) is 2.93. The molecular weight excluding hydrogens is 297 g/mol. The molecule has 6 heteroatoms. The lowest BCUT2D eigenvalue weighted by atomic mass is 9.78. The van der Waals surface area contributed by atoms with E-state index in [1.54, 1.807) is 0 Å². The molecule has 0 spiro atoms. The maximum absolute atomic E-state index is 12.5. The summed E-state index contributed by atoms with van der Waals surface area (Å²) in [6.45, 7) is 0. The van der Waals surface area contributed by atoms with Crippen LogP contribution < -0.4 is 0 Å². The van der Waals surface area contributed by atoms with E-state index >= 15 is 0 Å². The van der Waals surface area contributed by atoms with Crippen molar-refractivity contribution in [1.82, 2.24) is 0 Å². The third-order valence-electron chi connectivity index (χ3n) is 4.14. The van der Waals surface area contributed by atoms with Crippen molar-refractivity contribution in [2.24, 2.45) is 11.8 Å². The van der Waals surface area contributed by atoms with Gasteiger partial charge in [-0.05, 0) is 37.3 Å². The number of alkyl halides is 3. The third kappa shape index (κ3) is 4.08. The molecule has 0 saturated heterocycles. The molecule has 0 radical (unpaired) electrons. The Morgan fingerprint density at radius 1 is 1.14 bits per heavy atom. The average molecular weight is 314 g/mol. The molecule has 2 unspecified atom stereocenters. The summed E-state index contributed by atoms with van der Waals surface area (Å²) in [7, 11) is 0. The van der Waals surface area contributed by atoms with Gasteiger partial charge >= 0.3 is 12.1 Å². The number of halogens is 3. The average Bonchev–Trinajstić information content (AvgIpc) is 2.46. The van der Waals surface area contributed by atoms with Crippen LogP contribution in [0.3, 0.4) is 0 Å². The minimum Gasteiger partial charge on any atom is -0.481 e. The van der Waals surface area contributed by atoms with Crippen LogP contribution in [0.15, 0.2) is 24.3 Å². The van der Waals surface area contributed by atoms with E-state index in [0.29, 0.717) is 12.8 Å². The monoisotopic (exact) mass is 314 g/mol. The summed E-state index contributed by atoms with van der Waals surface area (Å²) in [6.07, 6.45) is -1.59. The van der Waals surface area contributed by atoms with Gasteiger partial charge in [0.05, 0.1) is 11.5 Å². The Morgan fingerprint density at radius 3 is 2.32 bits per heavy atom. The maximum Gasteiger partial charge on any atom is 0.416 e. The number of hydrogen-bond donors (Lipinski definition) is 1. The van der Waals surface area contributed by atoms with Crippen LogP contribution in [0.25, 0.3) is 0 Å². The summed E-state index contributed by atoms with van der Waals surface area (Å²) in [5.74, 6) is -1.50. The van der Waals surface area contributed by atoms with Crippen molar-refractivity contribution < 1.29 is 27.9 Å². The van der Waals surface area contributed by atoms with Crippen molar-refractivity contribution in [2.45, 2.75) is 38.3 Å². The fourth-order valence-electron chi connectivity index (χ4n) is 2.93. The zero-order chi connectivity index (χ0) is 16.3. The van der Waals surface area contributed by atoms with Gasteiger partial charge in [-0.3, -0.25) is 9.59 Å². The summed E-state index contributed by atoms with van der Waals surface area (Å²) >= 11 is 0. The number of carbonyl (C=O) groups excluding carboxylic acids is 1. The Hall–Kier alpha value is -1.85. The van der Waals surface area contributed by atoms with Crippen molar-refractivity contribution in [3.8, 4) is 0 Å². The predicted molar refractivity (Wildman–Crippen MR) is 73.5 cm³/mol. The molecule has 120 valence electrons. The van der Waals surface area contributed by atoms with Crippen LogP contribution >= 0.6 is 0 Å². The van der Waals surface area contributed by atoms with E-state index in [1.165, 1.54) is 12.1 Å². The maximum atomic E-state index is 12.5. The smallest absolute Gasteiger partial charge is 0.416 e. The number of carboxylic acid groups (broad SMARTS) is 1. The van der Waals surface area contributed by atoms with Gasteiger partial charge in [-0.2, -0.15) is 13.2 Å². The molecule has 1 aromatic carbocycles. The summed E-state index contributed by atoms with van der Waals surface area (Å²) in [4.78, 5) is 23.1. The normalized spacial score (nSPS) is 22.3. The molecule has 0 aliphatic heterocycles. The molecular formula is C16H17F3O3. The first kappa shape index (κ1) is 16.5. The van der Waals surface area contributed by atoms with E-state index in [9.17, 15) is 22.8 Å². The Labute approximate surface area is 126 Å². The molecule has 2 atom stereocenters. The molecule has 3 nitrogen and oxygen atoms in total. The highest BCUT2D eigenvalue weighted by molar-refractivity contribution is 5.96. The number of benzene rings is 1. The van der Waals surface area contributed by atoms with Crippen LogP contribution in [0, 0.1) is 11.8 Å². The van der Waals surface area contributed by atoms with E-state index in [0.717, 1.165) is 25.0 Å². The third-order valence-corrected chi connectivity index (χ3v) is 4.14. The van der Waals surface area contributed by atoms with E-state index in [1.807, 2.05) is 0 Å². The SMILES string of the molecule is O=C(CC1CCCC(C(=O)O)C1)c1ccc(C(F)(F)F)cc1. The van der Waals surface area contributed by atoms with Gasteiger partial charge in [-0.25, -0.2) is 0 Å². The van der Waals surface area contributed by atoms with Crippen molar-refractivity contribution >= 4 is 11.8 Å². The van der Waals surface area contributed by atoms with Gasteiger partial charge in [-0.1, -0.05) is 18.6 Å². The first-order valence-corrected chi connectivity index (χ1v) is 7.20. The van der Waals surface area contributed by atoms with Crippen molar-refractivity contribution in [2.75, 3.05) is 0 Å². The second-order valence-corrected chi connectivity index (χ2v) is 5.77. The first-order chi connectivity index (χ1) is 10.3. The van der Waals surface area contributed by atoms with Crippen LogP contribution in [-0.2, 0) is 11.0 Å².